The Morgan fingerprint density at radius 1 is 0.867 bits per heavy atom. The second-order valence-corrected chi connectivity index (χ2v) is 7.25. The van der Waals surface area contributed by atoms with Crippen LogP contribution in [0.1, 0.15) is 24.1 Å². The van der Waals surface area contributed by atoms with Crippen LogP contribution >= 0.6 is 0 Å². The van der Waals surface area contributed by atoms with Crippen LogP contribution < -0.4 is 14.8 Å². The van der Waals surface area contributed by atoms with E-state index in [1.54, 1.807) is 14.2 Å². The molecular formula is C26H26N2O2. The fourth-order valence-electron chi connectivity index (χ4n) is 3.81. The normalized spacial score (nSPS) is 12.0. The molecule has 152 valence electrons. The van der Waals surface area contributed by atoms with Crippen LogP contribution in [0.2, 0.25) is 0 Å². The average molecular weight is 399 g/mol. The molecule has 4 heteroatoms. The van der Waals surface area contributed by atoms with Gasteiger partial charge in [0.15, 0.2) is 0 Å². The molecule has 0 radical (unpaired) electrons. The van der Waals surface area contributed by atoms with Crippen molar-refractivity contribution in [2.24, 2.45) is 0 Å². The number of rotatable bonds is 7. The van der Waals surface area contributed by atoms with Gasteiger partial charge in [-0.05, 0) is 36.2 Å². The van der Waals surface area contributed by atoms with Crippen LogP contribution in [0.3, 0.4) is 0 Å². The van der Waals surface area contributed by atoms with Crippen LogP contribution in [-0.4, -0.2) is 19.2 Å². The first-order chi connectivity index (χ1) is 14.7. The number of fused-ring (bicyclic) bond motifs is 1. The van der Waals surface area contributed by atoms with Gasteiger partial charge in [0.05, 0.1) is 19.7 Å². The monoisotopic (exact) mass is 398 g/mol. The van der Waals surface area contributed by atoms with Crippen molar-refractivity contribution in [1.29, 1.82) is 0 Å². The van der Waals surface area contributed by atoms with Gasteiger partial charge in [-0.15, -0.1) is 0 Å². The number of nitrogens with zero attached hydrogens (tertiary/aromatic N) is 1. The molecule has 0 aliphatic rings. The number of benzene rings is 3. The first kappa shape index (κ1) is 19.9. The number of ether oxygens (including phenoxy) is 2. The maximum Gasteiger partial charge on any atom is 0.130 e. The fourth-order valence-corrected chi connectivity index (χ4v) is 3.81. The van der Waals surface area contributed by atoms with Crippen LogP contribution in [0, 0.1) is 0 Å². The lowest BCUT2D eigenvalue weighted by Gasteiger charge is -2.19. The zero-order chi connectivity index (χ0) is 20.9. The van der Waals surface area contributed by atoms with Gasteiger partial charge in [-0.2, -0.15) is 0 Å². The van der Waals surface area contributed by atoms with Gasteiger partial charge in [0.2, 0.25) is 0 Å². The molecule has 1 N–H and O–H groups in total. The van der Waals surface area contributed by atoms with E-state index in [4.69, 9.17) is 9.47 Å². The lowest BCUT2D eigenvalue weighted by molar-refractivity contribution is 0.390. The molecule has 1 unspecified atom stereocenters. The van der Waals surface area contributed by atoms with Gasteiger partial charge in [0.1, 0.15) is 11.5 Å². The molecular weight excluding hydrogens is 372 g/mol. The summed E-state index contributed by atoms with van der Waals surface area (Å²) in [7, 11) is 3.38. The summed E-state index contributed by atoms with van der Waals surface area (Å²) in [5.74, 6) is 1.61. The molecule has 0 saturated carbocycles. The Morgan fingerprint density at radius 3 is 2.37 bits per heavy atom. The summed E-state index contributed by atoms with van der Waals surface area (Å²) in [6.45, 7) is 2.85. The highest BCUT2D eigenvalue weighted by molar-refractivity contribution is 5.82. The van der Waals surface area contributed by atoms with Crippen LogP contribution in [0.5, 0.6) is 11.5 Å². The lowest BCUT2D eigenvalue weighted by atomic mass is 10.00. The topological polar surface area (TPSA) is 43.4 Å². The number of methoxy groups -OCH3 is 2. The van der Waals surface area contributed by atoms with E-state index in [-0.39, 0.29) is 6.04 Å². The van der Waals surface area contributed by atoms with Gasteiger partial charge in [-0.3, -0.25) is 4.98 Å². The minimum atomic E-state index is 0.157. The van der Waals surface area contributed by atoms with Crippen molar-refractivity contribution in [3.63, 3.8) is 0 Å². The highest BCUT2D eigenvalue weighted by atomic mass is 16.5. The molecule has 4 rings (SSSR count). The summed E-state index contributed by atoms with van der Waals surface area (Å²) in [5, 5.41) is 4.82. The fraction of sp³-hybridized carbons (Fsp3) is 0.192. The first-order valence-electron chi connectivity index (χ1n) is 10.1. The molecule has 4 aromatic rings. The maximum absolute atomic E-state index is 5.66. The number of hydrogen-bond acceptors (Lipinski definition) is 4. The highest BCUT2D eigenvalue weighted by Gasteiger charge is 2.15. The lowest BCUT2D eigenvalue weighted by Crippen LogP contribution is -2.19. The van der Waals surface area contributed by atoms with E-state index in [9.17, 15) is 0 Å². The third-order valence-electron chi connectivity index (χ3n) is 5.44. The maximum atomic E-state index is 5.66. The van der Waals surface area contributed by atoms with Gasteiger partial charge in [-0.1, -0.05) is 48.5 Å². The zero-order valence-corrected chi connectivity index (χ0v) is 17.6. The Bertz CT molecular complexity index is 1140. The Morgan fingerprint density at radius 2 is 1.60 bits per heavy atom. The Hall–Kier alpha value is -3.37. The third-order valence-corrected chi connectivity index (χ3v) is 5.44. The van der Waals surface area contributed by atoms with Crippen LogP contribution in [0.25, 0.3) is 22.0 Å². The molecule has 0 fully saturated rings. The molecule has 0 bridgehead atoms. The Labute approximate surface area is 177 Å². The number of para-hydroxylation sites is 1. The van der Waals surface area contributed by atoms with E-state index in [1.165, 1.54) is 10.9 Å². The molecule has 1 atom stereocenters. The summed E-state index contributed by atoms with van der Waals surface area (Å²) in [6.07, 6.45) is 1.87. The Balaban J connectivity index is 1.64. The summed E-state index contributed by atoms with van der Waals surface area (Å²) in [4.78, 5) is 4.47. The molecule has 4 nitrogen and oxygen atoms in total. The average Bonchev–Trinajstić information content (AvgIpc) is 2.82. The minimum Gasteiger partial charge on any atom is -0.496 e. The number of nitrogens with one attached hydrogen (secondary N) is 1. The van der Waals surface area contributed by atoms with Gasteiger partial charge in [-0.25, -0.2) is 0 Å². The molecule has 0 aliphatic heterocycles. The highest BCUT2D eigenvalue weighted by Crippen LogP contribution is 2.36. The van der Waals surface area contributed by atoms with Crippen molar-refractivity contribution >= 4 is 10.9 Å². The predicted molar refractivity (Wildman–Crippen MR) is 122 cm³/mol. The molecule has 3 aromatic carbocycles. The molecule has 0 saturated heterocycles. The van der Waals surface area contributed by atoms with Crippen molar-refractivity contribution in [3.8, 4) is 22.6 Å². The second-order valence-electron chi connectivity index (χ2n) is 7.25. The van der Waals surface area contributed by atoms with Gasteiger partial charge >= 0.3 is 0 Å². The summed E-state index contributed by atoms with van der Waals surface area (Å²) in [6, 6.07) is 24.9. The van der Waals surface area contributed by atoms with Crippen LogP contribution in [0.4, 0.5) is 0 Å². The van der Waals surface area contributed by atoms with Crippen molar-refractivity contribution in [2.45, 2.75) is 19.5 Å². The van der Waals surface area contributed by atoms with Crippen LogP contribution in [-0.2, 0) is 6.54 Å². The predicted octanol–water partition coefficient (Wildman–Crippen LogP) is 5.77. The van der Waals surface area contributed by atoms with Crippen molar-refractivity contribution in [1.82, 2.24) is 10.3 Å². The minimum absolute atomic E-state index is 0.157. The molecule has 1 aromatic heterocycles. The standard InChI is InChI=1S/C26H26N2O2/c1-18(21-13-14-27-24-12-8-7-11-22(21)24)28-17-20-15-23(19-9-5-4-6-10-19)26(30-3)16-25(20)29-2/h4-16,18,28H,17H2,1-3H3. The molecule has 0 aliphatic carbocycles. The van der Waals surface area contributed by atoms with E-state index in [0.717, 1.165) is 33.7 Å². The zero-order valence-electron chi connectivity index (χ0n) is 17.6. The molecule has 30 heavy (non-hydrogen) atoms. The van der Waals surface area contributed by atoms with Crippen molar-refractivity contribution < 1.29 is 9.47 Å². The Kier molecular flexibility index (Phi) is 5.96. The van der Waals surface area contributed by atoms with E-state index in [1.807, 2.05) is 42.6 Å². The number of pyridine rings is 1. The SMILES string of the molecule is COc1cc(OC)c(-c2ccccc2)cc1CNC(C)c1ccnc2ccccc12. The largest absolute Gasteiger partial charge is 0.496 e. The summed E-state index contributed by atoms with van der Waals surface area (Å²) < 4.78 is 11.3. The van der Waals surface area contributed by atoms with Gasteiger partial charge < -0.3 is 14.8 Å². The van der Waals surface area contributed by atoms with Crippen molar-refractivity contribution in [2.75, 3.05) is 14.2 Å². The molecule has 1 heterocycles. The number of aromatic nitrogens is 1. The van der Waals surface area contributed by atoms with E-state index >= 15 is 0 Å². The quantitative estimate of drug-likeness (QED) is 0.429. The first-order valence-corrected chi connectivity index (χ1v) is 10.1. The molecule has 0 amide bonds. The number of hydrogen-bond donors (Lipinski definition) is 1. The smallest absolute Gasteiger partial charge is 0.130 e. The summed E-state index contributed by atoms with van der Waals surface area (Å²) in [5.41, 5.74) is 5.50. The third kappa shape index (κ3) is 4.00. The van der Waals surface area contributed by atoms with Gasteiger partial charge in [0.25, 0.3) is 0 Å². The molecule has 0 spiro atoms. The van der Waals surface area contributed by atoms with E-state index in [2.05, 4.69) is 53.6 Å². The van der Waals surface area contributed by atoms with Crippen molar-refractivity contribution in [3.05, 3.63) is 90.1 Å². The second kappa shape index (κ2) is 8.97. The van der Waals surface area contributed by atoms with Crippen LogP contribution in [0.15, 0.2) is 79.0 Å². The summed E-state index contributed by atoms with van der Waals surface area (Å²) >= 11 is 0. The van der Waals surface area contributed by atoms with E-state index in [0.29, 0.717) is 6.54 Å². The van der Waals surface area contributed by atoms with E-state index < -0.39 is 0 Å². The van der Waals surface area contributed by atoms with Gasteiger partial charge in [0, 0.05) is 41.4 Å².